The molecule has 0 fully saturated rings. The number of anilines is 1. The standard InChI is InChI=1S/C11H16N4O5S/c1-3-20-11(16)15-21(18,19)14-9-6-8(10(12)13-17)5-4-7(9)2/h4-6,14,17H,3H2,1-2H3,(H2,12,13)(H,15,16). The highest BCUT2D eigenvalue weighted by atomic mass is 32.2. The zero-order valence-electron chi connectivity index (χ0n) is 11.5. The Kier molecular flexibility index (Phi) is 5.36. The molecule has 0 saturated heterocycles. The van der Waals surface area contributed by atoms with Gasteiger partial charge in [-0.1, -0.05) is 17.3 Å². The van der Waals surface area contributed by atoms with Crippen LogP contribution in [0.15, 0.2) is 23.4 Å². The summed E-state index contributed by atoms with van der Waals surface area (Å²) in [5.74, 6) is -0.172. The quantitative estimate of drug-likeness (QED) is 0.269. The molecule has 0 saturated carbocycles. The summed E-state index contributed by atoms with van der Waals surface area (Å²) < 4.78 is 31.8. The Hall–Kier alpha value is -2.49. The van der Waals surface area contributed by atoms with Gasteiger partial charge < -0.3 is 15.7 Å². The second-order valence-corrected chi connectivity index (χ2v) is 5.36. The molecule has 1 rings (SSSR count). The minimum Gasteiger partial charge on any atom is -0.449 e. The van der Waals surface area contributed by atoms with E-state index in [0.29, 0.717) is 11.1 Å². The summed E-state index contributed by atoms with van der Waals surface area (Å²) in [5.41, 5.74) is 6.51. The van der Waals surface area contributed by atoms with Gasteiger partial charge in [-0.2, -0.15) is 8.42 Å². The Labute approximate surface area is 122 Å². The number of aryl methyl sites for hydroxylation is 1. The average Bonchev–Trinajstić information content (AvgIpc) is 2.39. The zero-order valence-corrected chi connectivity index (χ0v) is 12.3. The van der Waals surface area contributed by atoms with Crippen molar-refractivity contribution in [1.29, 1.82) is 0 Å². The van der Waals surface area contributed by atoms with Crippen molar-refractivity contribution in [1.82, 2.24) is 4.72 Å². The summed E-state index contributed by atoms with van der Waals surface area (Å²) in [6.45, 7) is 3.24. The SMILES string of the molecule is CCOC(=O)NS(=O)(=O)Nc1cc(/C(N)=N/O)ccc1C. The van der Waals surface area contributed by atoms with Crippen molar-refractivity contribution in [2.24, 2.45) is 10.9 Å². The number of hydrogen-bond donors (Lipinski definition) is 4. The lowest BCUT2D eigenvalue weighted by atomic mass is 10.1. The zero-order chi connectivity index (χ0) is 16.0. The first-order valence-corrected chi connectivity index (χ1v) is 7.33. The van der Waals surface area contributed by atoms with Crippen LogP contribution in [-0.4, -0.2) is 32.2 Å². The van der Waals surface area contributed by atoms with Crippen LogP contribution in [0.1, 0.15) is 18.1 Å². The van der Waals surface area contributed by atoms with Crippen molar-refractivity contribution < 1.29 is 23.2 Å². The fourth-order valence-electron chi connectivity index (χ4n) is 1.39. The normalized spacial score (nSPS) is 11.8. The van der Waals surface area contributed by atoms with Gasteiger partial charge in [0.1, 0.15) is 0 Å². The minimum atomic E-state index is -4.15. The number of hydrogen-bond acceptors (Lipinski definition) is 6. The third kappa shape index (κ3) is 4.84. The van der Waals surface area contributed by atoms with E-state index < -0.39 is 16.3 Å². The first-order valence-electron chi connectivity index (χ1n) is 5.85. The number of nitrogens with one attached hydrogen (secondary N) is 2. The third-order valence-electron chi connectivity index (χ3n) is 2.38. The molecular weight excluding hydrogens is 300 g/mol. The number of carbonyl (C=O) groups excluding carboxylic acids is 1. The fraction of sp³-hybridized carbons (Fsp3) is 0.273. The molecule has 0 aliphatic carbocycles. The molecule has 0 bridgehead atoms. The van der Waals surface area contributed by atoms with Crippen LogP contribution < -0.4 is 15.2 Å². The molecular formula is C11H16N4O5S. The number of benzene rings is 1. The minimum absolute atomic E-state index is 0.0410. The number of amides is 1. The Bertz CT molecular complexity index is 657. The maximum Gasteiger partial charge on any atom is 0.422 e. The van der Waals surface area contributed by atoms with Crippen LogP contribution in [0.2, 0.25) is 0 Å². The molecule has 0 aromatic heterocycles. The predicted molar refractivity (Wildman–Crippen MR) is 76.4 cm³/mol. The van der Waals surface area contributed by atoms with E-state index in [4.69, 9.17) is 10.9 Å². The summed E-state index contributed by atoms with van der Waals surface area (Å²) in [7, 11) is -4.15. The summed E-state index contributed by atoms with van der Waals surface area (Å²) in [4.78, 5) is 11.1. The van der Waals surface area contributed by atoms with Crippen molar-refractivity contribution in [3.05, 3.63) is 29.3 Å². The summed E-state index contributed by atoms with van der Waals surface area (Å²) in [5, 5.41) is 11.4. The van der Waals surface area contributed by atoms with Crippen LogP contribution in [0.25, 0.3) is 0 Å². The largest absolute Gasteiger partial charge is 0.449 e. The second-order valence-electron chi connectivity index (χ2n) is 3.94. The Balaban J connectivity index is 2.99. The van der Waals surface area contributed by atoms with Crippen LogP contribution in [0, 0.1) is 6.92 Å². The van der Waals surface area contributed by atoms with Crippen molar-refractivity contribution in [3.63, 3.8) is 0 Å². The van der Waals surface area contributed by atoms with Gasteiger partial charge in [-0.05, 0) is 25.5 Å². The molecule has 0 aliphatic heterocycles. The van der Waals surface area contributed by atoms with Crippen LogP contribution >= 0.6 is 0 Å². The Morgan fingerprint density at radius 3 is 2.71 bits per heavy atom. The van der Waals surface area contributed by atoms with Gasteiger partial charge in [0.15, 0.2) is 5.84 Å². The van der Waals surface area contributed by atoms with E-state index in [1.165, 1.54) is 6.07 Å². The van der Waals surface area contributed by atoms with Crippen molar-refractivity contribution in [3.8, 4) is 0 Å². The number of carbonyl (C=O) groups is 1. The van der Waals surface area contributed by atoms with Crippen molar-refractivity contribution in [2.75, 3.05) is 11.3 Å². The molecule has 0 unspecified atom stereocenters. The van der Waals surface area contributed by atoms with Gasteiger partial charge in [-0.25, -0.2) is 9.52 Å². The highest BCUT2D eigenvalue weighted by molar-refractivity contribution is 7.91. The van der Waals surface area contributed by atoms with Gasteiger partial charge in [0.25, 0.3) is 0 Å². The van der Waals surface area contributed by atoms with Crippen LogP contribution in [0.3, 0.4) is 0 Å². The average molecular weight is 316 g/mol. The van der Waals surface area contributed by atoms with Gasteiger partial charge in [0, 0.05) is 5.56 Å². The molecule has 9 nitrogen and oxygen atoms in total. The lowest BCUT2D eigenvalue weighted by Crippen LogP contribution is -2.36. The summed E-state index contributed by atoms with van der Waals surface area (Å²) in [6.07, 6.45) is -1.09. The van der Waals surface area contributed by atoms with Crippen molar-refractivity contribution >= 4 is 27.8 Å². The maximum absolute atomic E-state index is 11.8. The molecule has 1 aromatic rings. The smallest absolute Gasteiger partial charge is 0.422 e. The molecule has 0 radical (unpaired) electrons. The van der Waals surface area contributed by atoms with Crippen molar-refractivity contribution in [2.45, 2.75) is 13.8 Å². The van der Waals surface area contributed by atoms with E-state index in [0.717, 1.165) is 0 Å². The molecule has 0 aliphatic rings. The van der Waals surface area contributed by atoms with Gasteiger partial charge in [-0.3, -0.25) is 4.72 Å². The number of ether oxygens (including phenoxy) is 1. The molecule has 1 amide bonds. The molecule has 0 atom stereocenters. The fourth-order valence-corrected chi connectivity index (χ4v) is 2.23. The van der Waals surface area contributed by atoms with E-state index in [2.05, 4.69) is 14.6 Å². The van der Waals surface area contributed by atoms with E-state index in [1.807, 2.05) is 0 Å². The topological polar surface area (TPSA) is 143 Å². The lowest BCUT2D eigenvalue weighted by molar-refractivity contribution is 0.159. The lowest BCUT2D eigenvalue weighted by Gasteiger charge is -2.12. The van der Waals surface area contributed by atoms with Gasteiger partial charge in [0.2, 0.25) is 0 Å². The maximum atomic E-state index is 11.8. The molecule has 5 N–H and O–H groups in total. The Morgan fingerprint density at radius 2 is 2.14 bits per heavy atom. The monoisotopic (exact) mass is 316 g/mol. The molecule has 1 aromatic carbocycles. The number of oxime groups is 1. The summed E-state index contributed by atoms with van der Waals surface area (Å²) in [6, 6.07) is 4.51. The number of amidine groups is 1. The number of rotatable bonds is 5. The van der Waals surface area contributed by atoms with E-state index in [-0.39, 0.29) is 18.1 Å². The van der Waals surface area contributed by atoms with Gasteiger partial charge in [0.05, 0.1) is 12.3 Å². The van der Waals surface area contributed by atoms with E-state index in [9.17, 15) is 13.2 Å². The predicted octanol–water partition coefficient (Wildman–Crippen LogP) is 0.492. The third-order valence-corrected chi connectivity index (χ3v) is 3.30. The molecule has 0 heterocycles. The molecule has 21 heavy (non-hydrogen) atoms. The highest BCUT2D eigenvalue weighted by Gasteiger charge is 2.16. The first kappa shape index (κ1) is 16.6. The molecule has 0 spiro atoms. The first-order chi connectivity index (χ1) is 9.79. The second kappa shape index (κ2) is 6.79. The number of nitrogens with two attached hydrogens (primary N) is 1. The Morgan fingerprint density at radius 1 is 1.48 bits per heavy atom. The van der Waals surface area contributed by atoms with Crippen LogP contribution in [0.4, 0.5) is 10.5 Å². The van der Waals surface area contributed by atoms with Crippen LogP contribution in [-0.2, 0) is 14.9 Å². The van der Waals surface area contributed by atoms with Gasteiger partial charge in [-0.15, -0.1) is 0 Å². The van der Waals surface area contributed by atoms with Gasteiger partial charge >= 0.3 is 16.3 Å². The van der Waals surface area contributed by atoms with E-state index in [1.54, 1.807) is 30.7 Å². The van der Waals surface area contributed by atoms with Crippen LogP contribution in [0.5, 0.6) is 0 Å². The van der Waals surface area contributed by atoms with E-state index >= 15 is 0 Å². The molecule has 10 heteroatoms. The molecule has 116 valence electrons. The number of nitrogens with zero attached hydrogens (tertiary/aromatic N) is 1. The highest BCUT2D eigenvalue weighted by Crippen LogP contribution is 2.17. The summed E-state index contributed by atoms with van der Waals surface area (Å²) >= 11 is 0.